The Bertz CT molecular complexity index is 333. The predicted octanol–water partition coefficient (Wildman–Crippen LogP) is 2.61. The van der Waals surface area contributed by atoms with Crippen molar-refractivity contribution in [3.05, 3.63) is 0 Å². The molecule has 2 aliphatic heterocycles. The van der Waals surface area contributed by atoms with Crippen molar-refractivity contribution in [2.45, 2.75) is 42.5 Å². The number of likely N-dealkylation sites (N-methyl/N-ethyl adjacent to an activating group) is 3. The highest BCUT2D eigenvalue weighted by atomic mass is 16.2. The van der Waals surface area contributed by atoms with Crippen molar-refractivity contribution in [2.24, 2.45) is 0 Å². The number of urea groups is 1. The summed E-state index contributed by atoms with van der Waals surface area (Å²) in [6.45, 7) is 21.2. The summed E-state index contributed by atoms with van der Waals surface area (Å²) in [5.41, 5.74) is 0. The number of hydrogen-bond acceptors (Lipinski definition) is 4. The molecule has 0 spiro atoms. The summed E-state index contributed by atoms with van der Waals surface area (Å²) in [5.74, 6) is 0. The Balaban J connectivity index is 0. The summed E-state index contributed by atoms with van der Waals surface area (Å²) in [5, 5.41) is 0. The monoisotopic (exact) mass is 373 g/mol. The molecule has 2 heterocycles. The molecule has 26 heavy (non-hydrogen) atoms. The molecule has 0 bridgehead atoms. The minimum absolute atomic E-state index is 0. The summed E-state index contributed by atoms with van der Waals surface area (Å²) in [7, 11) is 2.19. The summed E-state index contributed by atoms with van der Waals surface area (Å²) in [6.07, 6.45) is 0. The van der Waals surface area contributed by atoms with E-state index in [-0.39, 0.29) is 20.9 Å². The second-order valence-corrected chi connectivity index (χ2v) is 6.61. The number of piperazine rings is 2. The van der Waals surface area contributed by atoms with Crippen LogP contribution in [0.15, 0.2) is 0 Å². The summed E-state index contributed by atoms with van der Waals surface area (Å²) in [4.78, 5) is 23.1. The van der Waals surface area contributed by atoms with Crippen LogP contribution in [0.2, 0.25) is 0 Å². The minimum Gasteiger partial charge on any atom is -0.325 e. The van der Waals surface area contributed by atoms with Crippen LogP contribution in [0.4, 0.5) is 4.79 Å². The van der Waals surface area contributed by atoms with Crippen molar-refractivity contribution in [2.75, 3.05) is 85.6 Å². The van der Waals surface area contributed by atoms with E-state index in [1.807, 2.05) is 23.6 Å². The van der Waals surface area contributed by atoms with E-state index >= 15 is 0 Å². The predicted molar refractivity (Wildman–Crippen MR) is 115 cm³/mol. The van der Waals surface area contributed by atoms with Gasteiger partial charge in [-0.05, 0) is 34.0 Å². The maximum absolute atomic E-state index is 12.0. The fourth-order valence-corrected chi connectivity index (χ4v) is 3.11. The minimum atomic E-state index is 0. The average Bonchev–Trinajstić information content (AvgIpc) is 2.64. The smallest absolute Gasteiger partial charge is 0.320 e. The molecule has 0 radical (unpaired) electrons. The lowest BCUT2D eigenvalue weighted by Crippen LogP contribution is -2.52. The van der Waals surface area contributed by atoms with Gasteiger partial charge in [0.2, 0.25) is 0 Å². The zero-order chi connectivity index (χ0) is 17.9. The Morgan fingerprint density at radius 3 is 1.46 bits per heavy atom. The third-order valence-corrected chi connectivity index (χ3v) is 5.17. The molecule has 0 aliphatic carbocycles. The van der Waals surface area contributed by atoms with Crippen LogP contribution >= 0.6 is 0 Å². The van der Waals surface area contributed by atoms with Crippen LogP contribution in [-0.2, 0) is 0 Å². The van der Waals surface area contributed by atoms with E-state index in [9.17, 15) is 4.79 Å². The van der Waals surface area contributed by atoms with Gasteiger partial charge in [0.1, 0.15) is 0 Å². The fraction of sp³-hybridized carbons (Fsp3) is 0.950. The lowest BCUT2D eigenvalue weighted by Gasteiger charge is -2.36. The van der Waals surface area contributed by atoms with Crippen LogP contribution in [-0.4, -0.2) is 116 Å². The lowest BCUT2D eigenvalue weighted by atomic mass is 10.3. The van der Waals surface area contributed by atoms with E-state index in [2.05, 4.69) is 35.6 Å². The average molecular weight is 374 g/mol. The van der Waals surface area contributed by atoms with Gasteiger partial charge in [-0.3, -0.25) is 0 Å². The van der Waals surface area contributed by atoms with E-state index in [0.717, 1.165) is 45.8 Å². The van der Waals surface area contributed by atoms with E-state index in [4.69, 9.17) is 0 Å². The Morgan fingerprint density at radius 1 is 0.731 bits per heavy atom. The molecule has 2 aliphatic rings. The van der Waals surface area contributed by atoms with Crippen molar-refractivity contribution < 1.29 is 4.79 Å². The number of nitrogens with zero attached hydrogens (tertiary/aromatic N) is 5. The molecule has 2 rings (SSSR count). The topological polar surface area (TPSA) is 33.3 Å². The zero-order valence-corrected chi connectivity index (χ0v) is 16.6. The van der Waals surface area contributed by atoms with Gasteiger partial charge in [-0.15, -0.1) is 0 Å². The second kappa shape index (κ2) is 15.2. The van der Waals surface area contributed by atoms with Crippen LogP contribution in [0.5, 0.6) is 0 Å². The first-order valence-electron chi connectivity index (χ1n) is 9.72. The van der Waals surface area contributed by atoms with Gasteiger partial charge in [0.25, 0.3) is 0 Å². The van der Waals surface area contributed by atoms with Crippen molar-refractivity contribution in [1.82, 2.24) is 24.5 Å². The van der Waals surface area contributed by atoms with Gasteiger partial charge in [0.15, 0.2) is 0 Å². The zero-order valence-electron chi connectivity index (χ0n) is 16.6. The Labute approximate surface area is 164 Å². The molecule has 2 amide bonds. The highest BCUT2D eigenvalue weighted by Crippen LogP contribution is 2.05. The molecule has 6 heteroatoms. The van der Waals surface area contributed by atoms with Gasteiger partial charge < -0.3 is 24.5 Å². The van der Waals surface area contributed by atoms with Gasteiger partial charge in [0.05, 0.1) is 0 Å². The largest absolute Gasteiger partial charge is 0.325 e. The molecule has 0 N–H and O–H groups in total. The molecule has 0 aromatic heterocycles. The molecule has 0 atom stereocenters. The van der Waals surface area contributed by atoms with Gasteiger partial charge in [-0.25, -0.2) is 4.79 Å². The standard InChI is InChI=1S/C11H23N3O.C7H16N2.2CH4/c1-4-12-7-9-14(10-8-12)11(15)13(5-2)6-3;1-3-9-6-4-8(2)5-7-9;;/h4-10H2,1-3H3;3-7H2,1-2H3;2*1H4. The van der Waals surface area contributed by atoms with E-state index in [1.54, 1.807) is 0 Å². The molecular weight excluding hydrogens is 326 g/mol. The Hall–Kier alpha value is -0.850. The van der Waals surface area contributed by atoms with E-state index < -0.39 is 0 Å². The molecule has 0 unspecified atom stereocenters. The van der Waals surface area contributed by atoms with Crippen LogP contribution in [0.3, 0.4) is 0 Å². The van der Waals surface area contributed by atoms with Gasteiger partial charge in [-0.2, -0.15) is 0 Å². The SMILES string of the molecule is C.C.CCN1CCN(C(=O)N(CC)CC)CC1.CCN1CCN(C)CC1. The van der Waals surface area contributed by atoms with Crippen LogP contribution in [0, 0.1) is 0 Å². The maximum Gasteiger partial charge on any atom is 0.320 e. The van der Waals surface area contributed by atoms with Crippen molar-refractivity contribution in [1.29, 1.82) is 0 Å². The van der Waals surface area contributed by atoms with Gasteiger partial charge >= 0.3 is 6.03 Å². The molecule has 6 nitrogen and oxygen atoms in total. The molecule has 158 valence electrons. The number of carbonyl (C=O) groups is 1. The first-order valence-corrected chi connectivity index (χ1v) is 9.72. The van der Waals surface area contributed by atoms with Crippen LogP contribution < -0.4 is 0 Å². The van der Waals surface area contributed by atoms with Crippen LogP contribution in [0.25, 0.3) is 0 Å². The lowest BCUT2D eigenvalue weighted by molar-refractivity contribution is 0.117. The van der Waals surface area contributed by atoms with E-state index in [1.165, 1.54) is 32.7 Å². The maximum atomic E-state index is 12.0. The molecule has 0 aromatic rings. The third-order valence-electron chi connectivity index (χ3n) is 5.17. The highest BCUT2D eigenvalue weighted by molar-refractivity contribution is 5.74. The summed E-state index contributed by atoms with van der Waals surface area (Å²) in [6, 6.07) is 0.204. The number of rotatable bonds is 4. The van der Waals surface area contributed by atoms with Crippen LogP contribution in [0.1, 0.15) is 42.5 Å². The number of carbonyl (C=O) groups excluding carboxylic acids is 1. The normalized spacial score (nSPS) is 18.9. The first kappa shape index (κ1) is 27.4. The van der Waals surface area contributed by atoms with E-state index in [0.29, 0.717) is 0 Å². The third kappa shape index (κ3) is 9.19. The second-order valence-electron chi connectivity index (χ2n) is 6.61. The van der Waals surface area contributed by atoms with Crippen molar-refractivity contribution in [3.63, 3.8) is 0 Å². The Kier molecular flexibility index (Phi) is 16.0. The molecule has 0 saturated carbocycles. The van der Waals surface area contributed by atoms with Crippen molar-refractivity contribution in [3.8, 4) is 0 Å². The van der Waals surface area contributed by atoms with Crippen molar-refractivity contribution >= 4 is 6.03 Å². The van der Waals surface area contributed by atoms with Gasteiger partial charge in [0, 0.05) is 65.4 Å². The summed E-state index contributed by atoms with van der Waals surface area (Å²) < 4.78 is 0. The fourth-order valence-electron chi connectivity index (χ4n) is 3.11. The van der Waals surface area contributed by atoms with Gasteiger partial charge in [-0.1, -0.05) is 28.7 Å². The molecule has 2 saturated heterocycles. The molecule has 2 fully saturated rings. The number of hydrogen-bond donors (Lipinski definition) is 0. The molecule has 0 aromatic carbocycles. The quantitative estimate of drug-likeness (QED) is 0.758. The Morgan fingerprint density at radius 2 is 1.12 bits per heavy atom. The number of amides is 2. The summed E-state index contributed by atoms with van der Waals surface area (Å²) >= 11 is 0. The first-order chi connectivity index (χ1) is 11.5. The molecular formula is C20H47N5O. The highest BCUT2D eigenvalue weighted by Gasteiger charge is 2.22.